The predicted octanol–water partition coefficient (Wildman–Crippen LogP) is 4.27. The highest BCUT2D eigenvalue weighted by molar-refractivity contribution is 7.14. The van der Waals surface area contributed by atoms with Crippen LogP contribution in [0.5, 0.6) is 0 Å². The van der Waals surface area contributed by atoms with Crippen molar-refractivity contribution in [2.75, 3.05) is 13.1 Å². The normalized spacial score (nSPS) is 16.6. The van der Waals surface area contributed by atoms with Crippen molar-refractivity contribution in [1.29, 1.82) is 0 Å². The van der Waals surface area contributed by atoms with E-state index in [0.717, 1.165) is 17.8 Å². The minimum absolute atomic E-state index is 0.0338. The number of hydrogen-bond acceptors (Lipinski definition) is 6. The lowest BCUT2D eigenvalue weighted by Crippen LogP contribution is -2.39. The van der Waals surface area contributed by atoms with Crippen molar-refractivity contribution in [3.63, 3.8) is 0 Å². The zero-order valence-electron chi connectivity index (χ0n) is 15.3. The molecule has 4 rings (SSSR count). The number of rotatable bonds is 4. The molecule has 0 bridgehead atoms. The lowest BCUT2D eigenvalue weighted by molar-refractivity contribution is -0.385. The number of nitrogens with zero attached hydrogens (tertiary/aromatic N) is 4. The number of benzene rings is 2. The number of likely N-dealkylation sites (tertiary alicyclic amines) is 1. The van der Waals surface area contributed by atoms with Gasteiger partial charge in [0.15, 0.2) is 5.01 Å². The molecule has 1 saturated heterocycles. The number of halogens is 1. The Morgan fingerprint density at radius 1 is 1.17 bits per heavy atom. The highest BCUT2D eigenvalue weighted by Gasteiger charge is 2.31. The van der Waals surface area contributed by atoms with Gasteiger partial charge >= 0.3 is 0 Å². The number of nitro benzene ring substituents is 1. The van der Waals surface area contributed by atoms with E-state index >= 15 is 0 Å². The van der Waals surface area contributed by atoms with Crippen LogP contribution in [-0.4, -0.2) is 39.0 Å². The van der Waals surface area contributed by atoms with Crippen LogP contribution < -0.4 is 0 Å². The molecule has 7 nitrogen and oxygen atoms in total. The maximum absolute atomic E-state index is 14.0. The van der Waals surface area contributed by atoms with Gasteiger partial charge in [-0.25, -0.2) is 4.39 Å². The van der Waals surface area contributed by atoms with E-state index in [1.165, 1.54) is 29.5 Å². The first kappa shape index (κ1) is 19.1. The van der Waals surface area contributed by atoms with Crippen molar-refractivity contribution < 1.29 is 14.1 Å². The second kappa shape index (κ2) is 8.04. The lowest BCUT2D eigenvalue weighted by Gasteiger charge is -2.31. The summed E-state index contributed by atoms with van der Waals surface area (Å²) in [5, 5.41) is 20.8. The molecule has 148 valence electrons. The van der Waals surface area contributed by atoms with Crippen molar-refractivity contribution in [3.8, 4) is 10.6 Å². The molecular weight excluding hydrogens is 395 g/mol. The van der Waals surface area contributed by atoms with Gasteiger partial charge in [-0.3, -0.25) is 14.9 Å². The molecule has 2 aromatic carbocycles. The molecule has 1 aliphatic rings. The number of aromatic nitrogens is 2. The van der Waals surface area contributed by atoms with Crippen LogP contribution in [0.1, 0.15) is 34.1 Å². The van der Waals surface area contributed by atoms with E-state index < -0.39 is 4.92 Å². The predicted molar refractivity (Wildman–Crippen MR) is 106 cm³/mol. The highest BCUT2D eigenvalue weighted by Crippen LogP contribution is 2.34. The van der Waals surface area contributed by atoms with E-state index in [9.17, 15) is 19.3 Å². The van der Waals surface area contributed by atoms with Gasteiger partial charge in [-0.05, 0) is 31.0 Å². The van der Waals surface area contributed by atoms with Crippen LogP contribution in [0.25, 0.3) is 10.6 Å². The van der Waals surface area contributed by atoms with Crippen LogP contribution in [0.2, 0.25) is 0 Å². The first-order valence-electron chi connectivity index (χ1n) is 9.15. The van der Waals surface area contributed by atoms with Gasteiger partial charge in [-0.2, -0.15) is 0 Å². The average molecular weight is 412 g/mol. The quantitative estimate of drug-likeness (QED) is 0.472. The summed E-state index contributed by atoms with van der Waals surface area (Å²) in [6.45, 7) is 0.928. The fourth-order valence-corrected chi connectivity index (χ4v) is 4.49. The third kappa shape index (κ3) is 3.86. The van der Waals surface area contributed by atoms with Crippen molar-refractivity contribution in [2.45, 2.75) is 18.8 Å². The highest BCUT2D eigenvalue weighted by atomic mass is 32.1. The van der Waals surface area contributed by atoms with Crippen molar-refractivity contribution in [1.82, 2.24) is 15.1 Å². The number of carbonyl (C=O) groups is 1. The van der Waals surface area contributed by atoms with Crippen LogP contribution in [-0.2, 0) is 0 Å². The molecule has 1 aliphatic heterocycles. The monoisotopic (exact) mass is 412 g/mol. The third-order valence-electron chi connectivity index (χ3n) is 4.93. The zero-order chi connectivity index (χ0) is 20.4. The van der Waals surface area contributed by atoms with Crippen molar-refractivity contribution in [2.24, 2.45) is 0 Å². The minimum Gasteiger partial charge on any atom is -0.338 e. The van der Waals surface area contributed by atoms with E-state index in [-0.39, 0.29) is 28.9 Å². The second-order valence-electron chi connectivity index (χ2n) is 6.79. The Labute approximate surface area is 170 Å². The number of para-hydroxylation sites is 1. The van der Waals surface area contributed by atoms with Gasteiger partial charge in [0.1, 0.15) is 16.4 Å². The average Bonchev–Trinajstić information content (AvgIpc) is 3.23. The van der Waals surface area contributed by atoms with Crippen LogP contribution in [0.3, 0.4) is 0 Å². The second-order valence-corrected chi connectivity index (χ2v) is 7.80. The fourth-order valence-electron chi connectivity index (χ4n) is 3.49. The number of amides is 1. The van der Waals surface area contributed by atoms with Crippen LogP contribution in [0.4, 0.5) is 10.1 Å². The molecule has 3 aromatic rings. The summed E-state index contributed by atoms with van der Waals surface area (Å²) in [6.07, 6.45) is 1.58. The van der Waals surface area contributed by atoms with E-state index in [1.807, 2.05) is 0 Å². The molecule has 29 heavy (non-hydrogen) atoms. The summed E-state index contributed by atoms with van der Waals surface area (Å²) in [7, 11) is 0. The van der Waals surface area contributed by atoms with Crippen LogP contribution in [0, 0.1) is 15.9 Å². The summed E-state index contributed by atoms with van der Waals surface area (Å²) in [5.41, 5.74) is 0.291. The summed E-state index contributed by atoms with van der Waals surface area (Å²) in [6, 6.07) is 12.4. The van der Waals surface area contributed by atoms with Crippen molar-refractivity contribution in [3.05, 3.63) is 75.0 Å². The molecule has 2 heterocycles. The number of nitro groups is 1. The molecule has 1 amide bonds. The lowest BCUT2D eigenvalue weighted by atomic mass is 9.98. The van der Waals surface area contributed by atoms with E-state index in [2.05, 4.69) is 10.2 Å². The zero-order valence-corrected chi connectivity index (χ0v) is 16.1. The Balaban J connectivity index is 1.55. The largest absolute Gasteiger partial charge is 0.338 e. The topological polar surface area (TPSA) is 89.2 Å². The van der Waals surface area contributed by atoms with E-state index in [0.29, 0.717) is 23.7 Å². The molecule has 0 radical (unpaired) electrons. The Morgan fingerprint density at radius 2 is 1.93 bits per heavy atom. The van der Waals surface area contributed by atoms with Crippen LogP contribution >= 0.6 is 11.3 Å². The third-order valence-corrected chi connectivity index (χ3v) is 6.05. The first-order chi connectivity index (χ1) is 14.0. The molecule has 1 unspecified atom stereocenters. The molecule has 0 saturated carbocycles. The number of carbonyl (C=O) groups excluding carboxylic acids is 1. The molecule has 1 aromatic heterocycles. The summed E-state index contributed by atoms with van der Waals surface area (Å²) in [4.78, 5) is 25.2. The van der Waals surface area contributed by atoms with Gasteiger partial charge in [0.2, 0.25) is 0 Å². The summed E-state index contributed by atoms with van der Waals surface area (Å²) in [5.74, 6) is -0.749. The Morgan fingerprint density at radius 3 is 2.72 bits per heavy atom. The minimum atomic E-state index is -0.542. The van der Waals surface area contributed by atoms with Gasteiger partial charge in [-0.1, -0.05) is 35.6 Å². The maximum atomic E-state index is 14.0. The smallest absolute Gasteiger partial charge is 0.282 e. The van der Waals surface area contributed by atoms with Crippen LogP contribution in [0.15, 0.2) is 48.5 Å². The van der Waals surface area contributed by atoms with Gasteiger partial charge in [-0.15, -0.1) is 10.2 Å². The molecule has 9 heteroatoms. The molecule has 1 fully saturated rings. The molecule has 0 spiro atoms. The van der Waals surface area contributed by atoms with E-state index in [1.54, 1.807) is 35.2 Å². The van der Waals surface area contributed by atoms with Crippen molar-refractivity contribution >= 4 is 22.9 Å². The first-order valence-corrected chi connectivity index (χ1v) is 9.97. The number of hydrogen-bond donors (Lipinski definition) is 0. The van der Waals surface area contributed by atoms with Gasteiger partial charge in [0, 0.05) is 30.6 Å². The Kier molecular flexibility index (Phi) is 5.30. The Hall–Kier alpha value is -3.20. The Bertz CT molecular complexity index is 1070. The molecule has 1 atom stereocenters. The van der Waals surface area contributed by atoms with Gasteiger partial charge < -0.3 is 4.90 Å². The van der Waals surface area contributed by atoms with E-state index in [4.69, 9.17) is 0 Å². The molecule has 0 N–H and O–H groups in total. The molecule has 0 aliphatic carbocycles. The summed E-state index contributed by atoms with van der Waals surface area (Å²) >= 11 is 1.32. The standard InChI is InChI=1S/C20H17FN4O3S/c21-16-9-3-1-7-14(16)19-23-22-18(29-19)13-6-5-11-24(12-13)20(26)15-8-2-4-10-17(15)25(27)28/h1-4,7-10,13H,5-6,11-12H2. The fraction of sp³-hybridized carbons (Fsp3) is 0.250. The maximum Gasteiger partial charge on any atom is 0.282 e. The molecular formula is C20H17FN4O3S. The number of piperidine rings is 1. The van der Waals surface area contributed by atoms with Gasteiger partial charge in [0.25, 0.3) is 11.6 Å². The van der Waals surface area contributed by atoms with Gasteiger partial charge in [0.05, 0.1) is 4.92 Å². The SMILES string of the molecule is O=C(c1ccccc1[N+](=O)[O-])N1CCCC(c2nnc(-c3ccccc3F)s2)C1. The summed E-state index contributed by atoms with van der Waals surface area (Å²) < 4.78 is 14.0.